The summed E-state index contributed by atoms with van der Waals surface area (Å²) in [6.07, 6.45) is 4.27. The molecule has 1 atom stereocenters. The molecule has 0 aliphatic carbocycles. The van der Waals surface area contributed by atoms with Crippen LogP contribution >= 0.6 is 0 Å². The summed E-state index contributed by atoms with van der Waals surface area (Å²) in [4.78, 5) is 13.7. The van der Waals surface area contributed by atoms with E-state index in [4.69, 9.17) is 4.74 Å². The van der Waals surface area contributed by atoms with Crippen LogP contribution in [-0.4, -0.2) is 47.7 Å². The topological polar surface area (TPSA) is 70.2 Å². The molecule has 6 nitrogen and oxygen atoms in total. The molecule has 0 radical (unpaired) electrons. The van der Waals surface area contributed by atoms with E-state index < -0.39 is 0 Å². The first-order valence-electron chi connectivity index (χ1n) is 10.2. The number of piperidine rings is 1. The summed E-state index contributed by atoms with van der Waals surface area (Å²) in [5, 5.41) is 12.8. The van der Waals surface area contributed by atoms with E-state index in [1.54, 1.807) is 14.0 Å². The van der Waals surface area contributed by atoms with E-state index in [0.29, 0.717) is 5.92 Å². The number of rotatable bonds is 6. The molecule has 0 unspecified atom stereocenters. The fraction of sp³-hybridized carbons (Fsp3) is 0.391. The fourth-order valence-electron chi connectivity index (χ4n) is 4.18. The number of benzene rings is 2. The number of H-pyrrole nitrogens is 1. The van der Waals surface area contributed by atoms with Crippen molar-refractivity contribution in [1.82, 2.24) is 20.4 Å². The zero-order chi connectivity index (χ0) is 20.2. The molecule has 6 heteroatoms. The Morgan fingerprint density at radius 1 is 1.28 bits per heavy atom. The highest BCUT2D eigenvalue weighted by atomic mass is 16.5. The Balaban J connectivity index is 1.50. The molecule has 1 aliphatic rings. The molecule has 1 fully saturated rings. The first-order chi connectivity index (χ1) is 14.1. The lowest BCUT2D eigenvalue weighted by atomic mass is 9.97. The Morgan fingerprint density at radius 2 is 2.10 bits per heavy atom. The number of carbonyl (C=O) groups is 1. The van der Waals surface area contributed by atoms with E-state index in [-0.39, 0.29) is 5.91 Å². The molecule has 1 aromatic heterocycles. The molecule has 1 aliphatic heterocycles. The van der Waals surface area contributed by atoms with Crippen LogP contribution in [0.15, 0.2) is 42.6 Å². The van der Waals surface area contributed by atoms with Gasteiger partial charge in [-0.25, -0.2) is 0 Å². The van der Waals surface area contributed by atoms with E-state index in [1.165, 1.54) is 17.4 Å². The van der Waals surface area contributed by atoms with E-state index in [1.807, 2.05) is 12.3 Å². The van der Waals surface area contributed by atoms with Gasteiger partial charge >= 0.3 is 0 Å². The van der Waals surface area contributed by atoms with Crippen LogP contribution in [0, 0.1) is 5.92 Å². The van der Waals surface area contributed by atoms with Crippen LogP contribution in [0.5, 0.6) is 5.75 Å². The van der Waals surface area contributed by atoms with Crippen molar-refractivity contribution in [2.75, 3.05) is 26.7 Å². The van der Waals surface area contributed by atoms with Gasteiger partial charge in [0.2, 0.25) is 5.91 Å². The molecule has 1 amide bonds. The molecule has 3 aromatic rings. The van der Waals surface area contributed by atoms with E-state index in [9.17, 15) is 4.79 Å². The number of likely N-dealkylation sites (tertiary alicyclic amines) is 1. The number of hydrogen-bond donors (Lipinski definition) is 2. The average molecular weight is 393 g/mol. The monoisotopic (exact) mass is 392 g/mol. The minimum atomic E-state index is 0.0492. The number of nitrogens with one attached hydrogen (secondary N) is 2. The maximum absolute atomic E-state index is 11.2. The van der Waals surface area contributed by atoms with Crippen LogP contribution in [0.3, 0.4) is 0 Å². The highest BCUT2D eigenvalue weighted by Gasteiger charge is 2.21. The van der Waals surface area contributed by atoms with Crippen molar-refractivity contribution in [3.8, 4) is 17.0 Å². The quantitative estimate of drug-likeness (QED) is 0.673. The first kappa shape index (κ1) is 19.5. The standard InChI is InChI=1S/C23H28N4O2/c1-16(28)24-12-17-4-3-9-27(14-17)15-21-13-25-26-23(21)20-6-5-19-11-22(29-2)8-7-18(19)10-20/h5-8,10-11,13,17H,3-4,9,12,14-15H2,1-2H3,(H,24,28)(H,25,26)/t17-/m1/s1. The summed E-state index contributed by atoms with van der Waals surface area (Å²) in [6.45, 7) is 5.29. The van der Waals surface area contributed by atoms with Crippen molar-refractivity contribution in [2.24, 2.45) is 5.92 Å². The number of carbonyl (C=O) groups excluding carboxylic acids is 1. The Morgan fingerprint density at radius 3 is 2.93 bits per heavy atom. The average Bonchev–Trinajstić information content (AvgIpc) is 3.19. The van der Waals surface area contributed by atoms with Gasteiger partial charge < -0.3 is 10.1 Å². The highest BCUT2D eigenvalue weighted by molar-refractivity contribution is 5.88. The number of aromatic amines is 1. The van der Waals surface area contributed by atoms with Gasteiger partial charge in [-0.3, -0.25) is 14.8 Å². The number of methoxy groups -OCH3 is 1. The summed E-state index contributed by atoms with van der Waals surface area (Å²) >= 11 is 0. The summed E-state index contributed by atoms with van der Waals surface area (Å²) < 4.78 is 5.32. The van der Waals surface area contributed by atoms with Crippen LogP contribution in [-0.2, 0) is 11.3 Å². The van der Waals surface area contributed by atoms with Gasteiger partial charge in [-0.1, -0.05) is 18.2 Å². The Bertz CT molecular complexity index is 997. The van der Waals surface area contributed by atoms with Crippen LogP contribution in [0.2, 0.25) is 0 Å². The zero-order valence-electron chi connectivity index (χ0n) is 17.1. The molecule has 0 saturated carbocycles. The molecule has 2 aromatic carbocycles. The van der Waals surface area contributed by atoms with Crippen LogP contribution in [0.25, 0.3) is 22.0 Å². The molecule has 2 N–H and O–H groups in total. The number of amides is 1. The predicted octanol–water partition coefficient (Wildman–Crippen LogP) is 3.59. The van der Waals surface area contributed by atoms with E-state index in [2.05, 4.69) is 50.7 Å². The fourth-order valence-corrected chi connectivity index (χ4v) is 4.18. The number of nitrogens with zero attached hydrogens (tertiary/aromatic N) is 2. The predicted molar refractivity (Wildman–Crippen MR) is 115 cm³/mol. The smallest absolute Gasteiger partial charge is 0.216 e. The van der Waals surface area contributed by atoms with Crippen LogP contribution < -0.4 is 10.1 Å². The van der Waals surface area contributed by atoms with E-state index in [0.717, 1.165) is 55.0 Å². The molecule has 2 heterocycles. The van der Waals surface area contributed by atoms with Crippen LogP contribution in [0.1, 0.15) is 25.3 Å². The zero-order valence-corrected chi connectivity index (χ0v) is 17.1. The third-order valence-electron chi connectivity index (χ3n) is 5.69. The molecular formula is C23H28N4O2. The number of ether oxygens (including phenoxy) is 1. The van der Waals surface area contributed by atoms with Gasteiger partial charge in [-0.15, -0.1) is 0 Å². The largest absolute Gasteiger partial charge is 0.497 e. The van der Waals surface area contributed by atoms with Crippen molar-refractivity contribution in [1.29, 1.82) is 0 Å². The van der Waals surface area contributed by atoms with Crippen molar-refractivity contribution in [3.63, 3.8) is 0 Å². The molecular weight excluding hydrogens is 364 g/mol. The minimum absolute atomic E-state index is 0.0492. The third kappa shape index (κ3) is 4.59. The summed E-state index contributed by atoms with van der Waals surface area (Å²) in [7, 11) is 1.69. The molecule has 29 heavy (non-hydrogen) atoms. The highest BCUT2D eigenvalue weighted by Crippen LogP contribution is 2.29. The first-order valence-corrected chi connectivity index (χ1v) is 10.2. The van der Waals surface area contributed by atoms with Gasteiger partial charge in [-0.05, 0) is 54.3 Å². The number of fused-ring (bicyclic) bond motifs is 1. The third-order valence-corrected chi connectivity index (χ3v) is 5.69. The van der Waals surface area contributed by atoms with Gasteiger partial charge in [0.1, 0.15) is 5.75 Å². The summed E-state index contributed by atoms with van der Waals surface area (Å²) in [5.74, 6) is 1.43. The lowest BCUT2D eigenvalue weighted by Gasteiger charge is -2.32. The van der Waals surface area contributed by atoms with Gasteiger partial charge in [0.15, 0.2) is 0 Å². The molecule has 1 saturated heterocycles. The second kappa shape index (κ2) is 8.66. The normalized spacial score (nSPS) is 17.4. The Kier molecular flexibility index (Phi) is 5.81. The van der Waals surface area contributed by atoms with Gasteiger partial charge in [0.05, 0.1) is 19.0 Å². The van der Waals surface area contributed by atoms with Crippen molar-refractivity contribution >= 4 is 16.7 Å². The Labute approximate surface area is 171 Å². The minimum Gasteiger partial charge on any atom is -0.497 e. The summed E-state index contributed by atoms with van der Waals surface area (Å²) in [5.41, 5.74) is 3.42. The second-order valence-corrected chi connectivity index (χ2v) is 7.88. The lowest BCUT2D eigenvalue weighted by Crippen LogP contribution is -2.40. The van der Waals surface area contributed by atoms with Gasteiger partial charge in [-0.2, -0.15) is 5.10 Å². The lowest BCUT2D eigenvalue weighted by molar-refractivity contribution is -0.119. The van der Waals surface area contributed by atoms with E-state index >= 15 is 0 Å². The van der Waals surface area contributed by atoms with Crippen LogP contribution in [0.4, 0.5) is 0 Å². The summed E-state index contributed by atoms with van der Waals surface area (Å²) in [6, 6.07) is 12.6. The molecule has 0 bridgehead atoms. The van der Waals surface area contributed by atoms with Gasteiger partial charge in [0, 0.05) is 37.7 Å². The SMILES string of the molecule is COc1ccc2cc(-c3[nH]ncc3CN3CCC[C@H](CNC(C)=O)C3)ccc2c1. The van der Waals surface area contributed by atoms with Crippen molar-refractivity contribution in [2.45, 2.75) is 26.3 Å². The van der Waals surface area contributed by atoms with Gasteiger partial charge in [0.25, 0.3) is 0 Å². The Hall–Kier alpha value is -2.86. The van der Waals surface area contributed by atoms with Crippen molar-refractivity contribution < 1.29 is 9.53 Å². The number of hydrogen-bond acceptors (Lipinski definition) is 4. The maximum atomic E-state index is 11.2. The molecule has 0 spiro atoms. The molecule has 152 valence electrons. The van der Waals surface area contributed by atoms with Crippen molar-refractivity contribution in [3.05, 3.63) is 48.2 Å². The molecule has 4 rings (SSSR count). The maximum Gasteiger partial charge on any atom is 0.216 e. The number of aromatic nitrogens is 2. The second-order valence-electron chi connectivity index (χ2n) is 7.88.